The van der Waals surface area contributed by atoms with Gasteiger partial charge in [0.25, 0.3) is 5.91 Å². The number of benzene rings is 2. The smallest absolute Gasteiger partial charge is 0.258 e. The van der Waals surface area contributed by atoms with Gasteiger partial charge < -0.3 is 15.0 Å². The number of methoxy groups -OCH3 is 1. The largest absolute Gasteiger partial charge is 0.497 e. The second-order valence-corrected chi connectivity index (χ2v) is 8.35. The number of piperidine rings is 1. The Kier molecular flexibility index (Phi) is 7.88. The van der Waals surface area contributed by atoms with Crippen molar-refractivity contribution >= 4 is 17.5 Å². The SMILES string of the molecule is COc1ccc(C(=O)N(CC(=O)N2CCC(NCc3ccncc3)CC2)c2ccccc2)cc1. The number of aromatic nitrogens is 1. The van der Waals surface area contributed by atoms with Crippen molar-refractivity contribution in [2.75, 3.05) is 31.6 Å². The van der Waals surface area contributed by atoms with Gasteiger partial charge in [-0.15, -0.1) is 0 Å². The lowest BCUT2D eigenvalue weighted by molar-refractivity contribution is -0.130. The van der Waals surface area contributed by atoms with E-state index in [1.54, 1.807) is 48.7 Å². The summed E-state index contributed by atoms with van der Waals surface area (Å²) in [6.45, 7) is 2.14. The van der Waals surface area contributed by atoms with Crippen molar-refractivity contribution in [3.63, 3.8) is 0 Å². The number of anilines is 1. The van der Waals surface area contributed by atoms with Crippen molar-refractivity contribution in [1.82, 2.24) is 15.2 Å². The molecule has 1 aliphatic rings. The van der Waals surface area contributed by atoms with Gasteiger partial charge in [-0.05, 0) is 66.9 Å². The van der Waals surface area contributed by atoms with Crippen LogP contribution in [0.5, 0.6) is 5.75 Å². The number of carbonyl (C=O) groups excluding carboxylic acids is 2. The van der Waals surface area contributed by atoms with E-state index in [2.05, 4.69) is 10.3 Å². The number of carbonyl (C=O) groups is 2. The van der Waals surface area contributed by atoms with Crippen molar-refractivity contribution in [3.05, 3.63) is 90.3 Å². The Balaban J connectivity index is 1.37. The van der Waals surface area contributed by atoms with E-state index in [1.807, 2.05) is 47.4 Å². The summed E-state index contributed by atoms with van der Waals surface area (Å²) in [5.41, 5.74) is 2.41. The van der Waals surface area contributed by atoms with Gasteiger partial charge in [-0.25, -0.2) is 0 Å². The van der Waals surface area contributed by atoms with Crippen LogP contribution < -0.4 is 15.0 Å². The van der Waals surface area contributed by atoms with Gasteiger partial charge in [-0.2, -0.15) is 0 Å². The Labute approximate surface area is 200 Å². The number of likely N-dealkylation sites (tertiary alicyclic amines) is 1. The van der Waals surface area contributed by atoms with Gasteiger partial charge in [0.05, 0.1) is 7.11 Å². The normalized spacial score (nSPS) is 14.0. The monoisotopic (exact) mass is 458 g/mol. The van der Waals surface area contributed by atoms with Crippen LogP contribution in [0.4, 0.5) is 5.69 Å². The van der Waals surface area contributed by atoms with Crippen molar-refractivity contribution in [1.29, 1.82) is 0 Å². The summed E-state index contributed by atoms with van der Waals surface area (Å²) in [6.07, 6.45) is 5.36. The minimum absolute atomic E-state index is 0.00395. The number of rotatable bonds is 8. The molecule has 1 aliphatic heterocycles. The van der Waals surface area contributed by atoms with Crippen molar-refractivity contribution in [2.24, 2.45) is 0 Å². The molecule has 34 heavy (non-hydrogen) atoms. The molecule has 2 heterocycles. The van der Waals surface area contributed by atoms with Crippen LogP contribution in [-0.2, 0) is 11.3 Å². The van der Waals surface area contributed by atoms with Gasteiger partial charge in [0.15, 0.2) is 0 Å². The molecule has 2 aromatic carbocycles. The molecule has 1 fully saturated rings. The number of amides is 2. The fourth-order valence-electron chi connectivity index (χ4n) is 4.11. The summed E-state index contributed by atoms with van der Waals surface area (Å²) in [5, 5.41) is 3.57. The van der Waals surface area contributed by atoms with Gasteiger partial charge in [0.1, 0.15) is 12.3 Å². The Bertz CT molecular complexity index is 1070. The summed E-state index contributed by atoms with van der Waals surface area (Å²) < 4.78 is 5.20. The number of para-hydroxylation sites is 1. The van der Waals surface area contributed by atoms with Crippen LogP contribution >= 0.6 is 0 Å². The van der Waals surface area contributed by atoms with Crippen LogP contribution in [0, 0.1) is 0 Å². The van der Waals surface area contributed by atoms with Crippen molar-refractivity contribution in [3.8, 4) is 5.75 Å². The Morgan fingerprint density at radius 1 is 1.00 bits per heavy atom. The van der Waals surface area contributed by atoms with E-state index in [-0.39, 0.29) is 18.4 Å². The molecular formula is C27H30N4O3. The quantitative estimate of drug-likeness (QED) is 0.559. The Hall–Kier alpha value is -3.71. The highest BCUT2D eigenvalue weighted by Gasteiger charge is 2.27. The van der Waals surface area contributed by atoms with Crippen LogP contribution in [0.15, 0.2) is 79.1 Å². The molecule has 7 heteroatoms. The zero-order valence-corrected chi connectivity index (χ0v) is 19.4. The molecule has 0 atom stereocenters. The highest BCUT2D eigenvalue weighted by atomic mass is 16.5. The first kappa shape index (κ1) is 23.4. The molecule has 3 aromatic rings. The zero-order chi connectivity index (χ0) is 23.8. The predicted octanol–water partition coefficient (Wildman–Crippen LogP) is 3.52. The fraction of sp³-hybridized carbons (Fsp3) is 0.296. The first-order valence-electron chi connectivity index (χ1n) is 11.5. The summed E-state index contributed by atoms with van der Waals surface area (Å²) >= 11 is 0. The predicted molar refractivity (Wildman–Crippen MR) is 132 cm³/mol. The van der Waals surface area contributed by atoms with Crippen LogP contribution in [0.1, 0.15) is 28.8 Å². The number of ether oxygens (including phenoxy) is 1. The average molecular weight is 459 g/mol. The highest BCUT2D eigenvalue weighted by molar-refractivity contribution is 6.08. The number of pyridine rings is 1. The Morgan fingerprint density at radius 2 is 1.68 bits per heavy atom. The maximum absolute atomic E-state index is 13.3. The maximum atomic E-state index is 13.3. The summed E-state index contributed by atoms with van der Waals surface area (Å²) in [6, 6.07) is 20.7. The molecule has 7 nitrogen and oxygen atoms in total. The first-order valence-corrected chi connectivity index (χ1v) is 11.5. The number of nitrogens with zero attached hydrogens (tertiary/aromatic N) is 3. The van der Waals surface area contributed by atoms with E-state index in [9.17, 15) is 9.59 Å². The summed E-state index contributed by atoms with van der Waals surface area (Å²) in [5.74, 6) is 0.425. The molecule has 2 amide bonds. The van der Waals surface area contributed by atoms with E-state index >= 15 is 0 Å². The standard InChI is InChI=1S/C27H30N4O3/c1-34-25-9-7-22(8-10-25)27(33)31(24-5-3-2-4-6-24)20-26(32)30-17-13-23(14-18-30)29-19-21-11-15-28-16-12-21/h2-12,15-16,23,29H,13-14,17-20H2,1H3. The van der Waals surface area contributed by atoms with Crippen LogP contribution in [0.2, 0.25) is 0 Å². The van der Waals surface area contributed by atoms with E-state index in [0.717, 1.165) is 19.4 Å². The van der Waals surface area contributed by atoms with Crippen LogP contribution in [0.3, 0.4) is 0 Å². The van der Waals surface area contributed by atoms with E-state index < -0.39 is 0 Å². The van der Waals surface area contributed by atoms with Crippen LogP contribution in [-0.4, -0.2) is 54.5 Å². The van der Waals surface area contributed by atoms with E-state index in [0.29, 0.717) is 36.1 Å². The molecule has 0 spiro atoms. The molecule has 0 bridgehead atoms. The van der Waals surface area contributed by atoms with Gasteiger partial charge in [0, 0.05) is 49.3 Å². The molecule has 176 valence electrons. The van der Waals surface area contributed by atoms with Gasteiger partial charge in [-0.3, -0.25) is 19.5 Å². The highest BCUT2D eigenvalue weighted by Crippen LogP contribution is 2.20. The number of nitrogens with one attached hydrogen (secondary N) is 1. The second-order valence-electron chi connectivity index (χ2n) is 8.35. The topological polar surface area (TPSA) is 74.8 Å². The molecule has 1 N–H and O–H groups in total. The van der Waals surface area contributed by atoms with E-state index in [1.165, 1.54) is 5.56 Å². The number of hydrogen-bond donors (Lipinski definition) is 1. The van der Waals surface area contributed by atoms with Gasteiger partial charge in [0.2, 0.25) is 5.91 Å². The lowest BCUT2D eigenvalue weighted by Crippen LogP contribution is -2.48. The summed E-state index contributed by atoms with van der Waals surface area (Å²) in [4.78, 5) is 34.0. The third-order valence-corrected chi connectivity index (χ3v) is 6.14. The maximum Gasteiger partial charge on any atom is 0.258 e. The van der Waals surface area contributed by atoms with Crippen molar-refractivity contribution in [2.45, 2.75) is 25.4 Å². The minimum Gasteiger partial charge on any atom is -0.497 e. The molecule has 1 saturated heterocycles. The minimum atomic E-state index is -0.212. The average Bonchev–Trinajstić information content (AvgIpc) is 2.91. The summed E-state index contributed by atoms with van der Waals surface area (Å²) in [7, 11) is 1.59. The molecule has 1 aromatic heterocycles. The van der Waals surface area contributed by atoms with Crippen molar-refractivity contribution < 1.29 is 14.3 Å². The molecule has 0 unspecified atom stereocenters. The zero-order valence-electron chi connectivity index (χ0n) is 19.4. The number of hydrogen-bond acceptors (Lipinski definition) is 5. The molecule has 0 radical (unpaired) electrons. The van der Waals surface area contributed by atoms with Crippen LogP contribution in [0.25, 0.3) is 0 Å². The Morgan fingerprint density at radius 3 is 2.32 bits per heavy atom. The lowest BCUT2D eigenvalue weighted by Gasteiger charge is -2.34. The second kappa shape index (κ2) is 11.4. The third-order valence-electron chi connectivity index (χ3n) is 6.14. The fourth-order valence-corrected chi connectivity index (χ4v) is 4.11. The first-order chi connectivity index (χ1) is 16.6. The molecule has 0 saturated carbocycles. The van der Waals surface area contributed by atoms with Gasteiger partial charge in [-0.1, -0.05) is 18.2 Å². The third kappa shape index (κ3) is 5.99. The van der Waals surface area contributed by atoms with E-state index in [4.69, 9.17) is 4.74 Å². The lowest BCUT2D eigenvalue weighted by atomic mass is 10.0. The molecular weight excluding hydrogens is 428 g/mol. The van der Waals surface area contributed by atoms with Gasteiger partial charge >= 0.3 is 0 Å². The molecule has 4 rings (SSSR count). The molecule has 0 aliphatic carbocycles.